The summed E-state index contributed by atoms with van der Waals surface area (Å²) in [7, 11) is 0. The van der Waals surface area contributed by atoms with Gasteiger partial charge in [-0.3, -0.25) is 5.10 Å². The number of benzene rings is 1. The fourth-order valence-corrected chi connectivity index (χ4v) is 2.63. The molecule has 0 aliphatic carbocycles. The minimum Gasteiger partial charge on any atom is -0.312 e. The summed E-state index contributed by atoms with van der Waals surface area (Å²) in [6, 6.07) is 5.49. The molecule has 0 saturated heterocycles. The second kappa shape index (κ2) is 5.49. The third-order valence-electron chi connectivity index (χ3n) is 2.99. The van der Waals surface area contributed by atoms with Crippen molar-refractivity contribution in [1.82, 2.24) is 15.5 Å². The number of aromatic amines is 1. The van der Waals surface area contributed by atoms with Gasteiger partial charge < -0.3 is 5.32 Å². The van der Waals surface area contributed by atoms with Crippen molar-refractivity contribution in [1.29, 1.82) is 0 Å². The van der Waals surface area contributed by atoms with Crippen LogP contribution in [0, 0.1) is 0 Å². The standard InChI is InChI=1S/C12H11Cl2N3.ClH/c13-7-1-2-8(10(14)5-7)12-9-6-15-4-3-11(9)16-17-12;/h1-2,5,15H,3-4,6H2,(H,16,17);1H. The van der Waals surface area contributed by atoms with Crippen LogP contribution in [0.2, 0.25) is 10.0 Å². The summed E-state index contributed by atoms with van der Waals surface area (Å²) >= 11 is 12.1. The van der Waals surface area contributed by atoms with Crippen LogP contribution in [0.15, 0.2) is 18.2 Å². The predicted molar refractivity (Wildman–Crippen MR) is 76.7 cm³/mol. The Morgan fingerprint density at radius 1 is 1.22 bits per heavy atom. The molecule has 0 atom stereocenters. The molecule has 1 aliphatic heterocycles. The lowest BCUT2D eigenvalue weighted by atomic mass is 10.0. The average molecular weight is 305 g/mol. The van der Waals surface area contributed by atoms with Crippen LogP contribution >= 0.6 is 35.6 Å². The van der Waals surface area contributed by atoms with Gasteiger partial charge in [-0.15, -0.1) is 12.4 Å². The summed E-state index contributed by atoms with van der Waals surface area (Å²) in [6.45, 7) is 1.82. The Hall–Kier alpha value is -0.740. The molecule has 0 spiro atoms. The SMILES string of the molecule is Cl.Clc1ccc(-c2n[nH]c3c2CNCC3)c(Cl)c1. The van der Waals surface area contributed by atoms with Crippen molar-refractivity contribution in [2.45, 2.75) is 13.0 Å². The first-order chi connectivity index (χ1) is 8.25. The van der Waals surface area contributed by atoms with Gasteiger partial charge >= 0.3 is 0 Å². The van der Waals surface area contributed by atoms with Crippen molar-refractivity contribution >= 4 is 35.6 Å². The van der Waals surface area contributed by atoms with E-state index in [1.165, 1.54) is 11.3 Å². The summed E-state index contributed by atoms with van der Waals surface area (Å²) < 4.78 is 0. The molecule has 0 radical (unpaired) electrons. The zero-order valence-electron chi connectivity index (χ0n) is 9.46. The smallest absolute Gasteiger partial charge is 0.0983 e. The molecule has 2 aromatic rings. The van der Waals surface area contributed by atoms with Crippen LogP contribution in [0.25, 0.3) is 11.3 Å². The van der Waals surface area contributed by atoms with E-state index in [1.807, 2.05) is 12.1 Å². The van der Waals surface area contributed by atoms with E-state index < -0.39 is 0 Å². The number of fused-ring (bicyclic) bond motifs is 1. The molecule has 1 aliphatic rings. The number of rotatable bonds is 1. The van der Waals surface area contributed by atoms with Crippen molar-refractivity contribution in [2.75, 3.05) is 6.54 Å². The Morgan fingerprint density at radius 2 is 2.06 bits per heavy atom. The third-order valence-corrected chi connectivity index (χ3v) is 3.54. The molecule has 1 aromatic heterocycles. The zero-order valence-corrected chi connectivity index (χ0v) is 11.8. The molecule has 0 fully saturated rings. The predicted octanol–water partition coefficient (Wildman–Crippen LogP) is 3.45. The third kappa shape index (κ3) is 2.36. The molecule has 0 unspecified atom stereocenters. The molecule has 3 nitrogen and oxygen atoms in total. The second-order valence-corrected chi connectivity index (χ2v) is 4.92. The van der Waals surface area contributed by atoms with E-state index in [2.05, 4.69) is 15.5 Å². The van der Waals surface area contributed by atoms with Gasteiger partial charge in [0.15, 0.2) is 0 Å². The average Bonchev–Trinajstić information content (AvgIpc) is 2.73. The first-order valence-corrected chi connectivity index (χ1v) is 6.23. The van der Waals surface area contributed by atoms with Crippen LogP contribution in [-0.4, -0.2) is 16.7 Å². The summed E-state index contributed by atoms with van der Waals surface area (Å²) in [5, 5.41) is 12.1. The first-order valence-electron chi connectivity index (χ1n) is 5.48. The lowest BCUT2D eigenvalue weighted by molar-refractivity contribution is 0.637. The van der Waals surface area contributed by atoms with Crippen molar-refractivity contribution in [3.8, 4) is 11.3 Å². The van der Waals surface area contributed by atoms with Gasteiger partial charge in [0, 0.05) is 41.4 Å². The molecular weight excluding hydrogens is 293 g/mol. The fraction of sp³-hybridized carbons (Fsp3) is 0.250. The van der Waals surface area contributed by atoms with Gasteiger partial charge in [-0.1, -0.05) is 23.2 Å². The molecule has 2 N–H and O–H groups in total. The quantitative estimate of drug-likeness (QED) is 0.847. The Morgan fingerprint density at radius 3 is 2.83 bits per heavy atom. The number of hydrogen-bond donors (Lipinski definition) is 2. The maximum absolute atomic E-state index is 6.20. The van der Waals surface area contributed by atoms with Crippen molar-refractivity contribution < 1.29 is 0 Å². The molecule has 0 bridgehead atoms. The molecule has 3 rings (SSSR count). The van der Waals surface area contributed by atoms with E-state index >= 15 is 0 Å². The topological polar surface area (TPSA) is 40.7 Å². The highest BCUT2D eigenvalue weighted by Gasteiger charge is 2.19. The van der Waals surface area contributed by atoms with Gasteiger partial charge in [0.1, 0.15) is 0 Å². The summed E-state index contributed by atoms with van der Waals surface area (Å²) in [5.41, 5.74) is 4.26. The molecule has 0 amide bonds. The lowest BCUT2D eigenvalue weighted by Crippen LogP contribution is -2.23. The van der Waals surface area contributed by atoms with Crippen molar-refractivity contribution in [2.24, 2.45) is 0 Å². The van der Waals surface area contributed by atoms with E-state index in [1.54, 1.807) is 6.07 Å². The van der Waals surface area contributed by atoms with Crippen LogP contribution < -0.4 is 5.32 Å². The summed E-state index contributed by atoms with van der Waals surface area (Å²) in [5.74, 6) is 0. The number of H-pyrrole nitrogens is 1. The van der Waals surface area contributed by atoms with Crippen molar-refractivity contribution in [3.05, 3.63) is 39.5 Å². The minimum absolute atomic E-state index is 0. The molecule has 1 aromatic carbocycles. The van der Waals surface area contributed by atoms with Crippen LogP contribution in [0.1, 0.15) is 11.3 Å². The van der Waals surface area contributed by atoms with Crippen molar-refractivity contribution in [3.63, 3.8) is 0 Å². The fourth-order valence-electron chi connectivity index (χ4n) is 2.13. The van der Waals surface area contributed by atoms with Gasteiger partial charge in [-0.25, -0.2) is 0 Å². The maximum atomic E-state index is 6.20. The Labute approximate surface area is 121 Å². The van der Waals surface area contributed by atoms with Crippen LogP contribution in [0.5, 0.6) is 0 Å². The van der Waals surface area contributed by atoms with Gasteiger partial charge in [0.25, 0.3) is 0 Å². The normalized spacial score (nSPS) is 13.9. The number of halogens is 3. The molecular formula is C12H12Cl3N3. The molecule has 0 saturated carbocycles. The van der Waals surface area contributed by atoms with Gasteiger partial charge in [-0.2, -0.15) is 5.10 Å². The van der Waals surface area contributed by atoms with Crippen LogP contribution in [0.3, 0.4) is 0 Å². The number of aromatic nitrogens is 2. The van der Waals surface area contributed by atoms with E-state index in [4.69, 9.17) is 23.2 Å². The van der Waals surface area contributed by atoms with E-state index in [-0.39, 0.29) is 12.4 Å². The minimum atomic E-state index is 0. The largest absolute Gasteiger partial charge is 0.312 e. The van der Waals surface area contributed by atoms with Gasteiger partial charge in [-0.05, 0) is 18.2 Å². The number of hydrogen-bond acceptors (Lipinski definition) is 2. The maximum Gasteiger partial charge on any atom is 0.0983 e. The lowest BCUT2D eigenvalue weighted by Gasteiger charge is -2.13. The highest BCUT2D eigenvalue weighted by atomic mass is 35.5. The highest BCUT2D eigenvalue weighted by molar-refractivity contribution is 6.36. The molecule has 96 valence electrons. The Balaban J connectivity index is 0.00000120. The van der Waals surface area contributed by atoms with Crippen LogP contribution in [0.4, 0.5) is 0 Å². The van der Waals surface area contributed by atoms with E-state index in [0.29, 0.717) is 10.0 Å². The monoisotopic (exact) mass is 303 g/mol. The number of nitrogens with one attached hydrogen (secondary N) is 2. The Kier molecular flexibility index (Phi) is 4.17. The van der Waals surface area contributed by atoms with E-state index in [9.17, 15) is 0 Å². The van der Waals surface area contributed by atoms with Crippen LogP contribution in [-0.2, 0) is 13.0 Å². The molecule has 2 heterocycles. The highest BCUT2D eigenvalue weighted by Crippen LogP contribution is 2.32. The number of nitrogens with zero attached hydrogens (tertiary/aromatic N) is 1. The second-order valence-electron chi connectivity index (χ2n) is 4.08. The van der Waals surface area contributed by atoms with Gasteiger partial charge in [0.05, 0.1) is 10.7 Å². The summed E-state index contributed by atoms with van der Waals surface area (Å²) in [6.07, 6.45) is 0.980. The van der Waals surface area contributed by atoms with Gasteiger partial charge in [0.2, 0.25) is 0 Å². The first kappa shape index (κ1) is 13.7. The molecule has 6 heteroatoms. The van der Waals surface area contributed by atoms with E-state index in [0.717, 1.165) is 30.8 Å². The summed E-state index contributed by atoms with van der Waals surface area (Å²) in [4.78, 5) is 0. The molecule has 18 heavy (non-hydrogen) atoms. The Bertz CT molecular complexity index is 566. The zero-order chi connectivity index (χ0) is 11.8.